The Hall–Kier alpha value is -2.18. The molecule has 0 saturated heterocycles. The topological polar surface area (TPSA) is 78.9 Å². The van der Waals surface area contributed by atoms with Gasteiger partial charge in [0.15, 0.2) is 11.6 Å². The van der Waals surface area contributed by atoms with Gasteiger partial charge < -0.3 is 10.5 Å². The van der Waals surface area contributed by atoms with E-state index in [1.54, 1.807) is 0 Å². The molecule has 0 aromatic carbocycles. The van der Waals surface area contributed by atoms with E-state index < -0.39 is 5.95 Å². The second-order valence-corrected chi connectivity index (χ2v) is 3.33. The number of aryl methyl sites for hydroxylation is 1. The molecule has 2 heterocycles. The Morgan fingerprint density at radius 2 is 2.29 bits per heavy atom. The lowest BCUT2D eigenvalue weighted by Gasteiger charge is -2.08. The number of hydrogen-bond donors (Lipinski definition) is 1. The summed E-state index contributed by atoms with van der Waals surface area (Å²) >= 11 is 0. The van der Waals surface area contributed by atoms with Crippen LogP contribution in [0, 0.1) is 5.95 Å². The zero-order valence-corrected chi connectivity index (χ0v) is 9.51. The van der Waals surface area contributed by atoms with Crippen LogP contribution in [0.4, 0.5) is 10.2 Å². The van der Waals surface area contributed by atoms with Crippen molar-refractivity contribution in [1.29, 1.82) is 0 Å². The van der Waals surface area contributed by atoms with E-state index in [0.717, 1.165) is 0 Å². The number of hydrogen-bond acceptors (Lipinski definition) is 5. The molecule has 7 heteroatoms. The minimum atomic E-state index is -0.677. The molecular formula is C10H12FN5O. The molecule has 2 rings (SSSR count). The fraction of sp³-hybridized carbons (Fsp3) is 0.300. The second-order valence-electron chi connectivity index (χ2n) is 3.33. The van der Waals surface area contributed by atoms with Crippen molar-refractivity contribution in [3.05, 3.63) is 18.2 Å². The van der Waals surface area contributed by atoms with Crippen LogP contribution < -0.4 is 10.5 Å². The second kappa shape index (κ2) is 4.36. The molecule has 0 radical (unpaired) electrons. The van der Waals surface area contributed by atoms with Gasteiger partial charge in [-0.15, -0.1) is 0 Å². The zero-order valence-electron chi connectivity index (χ0n) is 9.51. The van der Waals surface area contributed by atoms with Gasteiger partial charge in [-0.05, 0) is 6.92 Å². The molecule has 0 saturated carbocycles. The van der Waals surface area contributed by atoms with Gasteiger partial charge in [0.1, 0.15) is 5.69 Å². The Kier molecular flexibility index (Phi) is 2.90. The lowest BCUT2D eigenvalue weighted by atomic mass is 10.2. The number of rotatable bonds is 3. The Morgan fingerprint density at radius 1 is 1.53 bits per heavy atom. The summed E-state index contributed by atoms with van der Waals surface area (Å²) < 4.78 is 18.3. The van der Waals surface area contributed by atoms with E-state index >= 15 is 0 Å². The maximum absolute atomic E-state index is 13.2. The van der Waals surface area contributed by atoms with Crippen LogP contribution in [0.1, 0.15) is 6.92 Å². The van der Waals surface area contributed by atoms with Crippen molar-refractivity contribution in [1.82, 2.24) is 20.0 Å². The average molecular weight is 237 g/mol. The lowest BCUT2D eigenvalue weighted by molar-refractivity contribution is 0.414. The van der Waals surface area contributed by atoms with Gasteiger partial charge in [-0.1, -0.05) is 0 Å². The van der Waals surface area contributed by atoms with E-state index in [2.05, 4.69) is 15.2 Å². The molecule has 6 nitrogen and oxygen atoms in total. The monoisotopic (exact) mass is 237 g/mol. The molecule has 0 atom stereocenters. The number of pyridine rings is 1. The number of halogens is 1. The van der Waals surface area contributed by atoms with Crippen molar-refractivity contribution >= 4 is 5.82 Å². The highest BCUT2D eigenvalue weighted by Crippen LogP contribution is 2.32. The standard InChI is InChI=1S/C10H12FN5O/c1-3-16-13-5-7(15-16)6-4-8(11)14-10(12)9(6)17-2/h4-5H,3H2,1-2H3,(H2,12,14). The van der Waals surface area contributed by atoms with Crippen molar-refractivity contribution in [2.24, 2.45) is 0 Å². The van der Waals surface area contributed by atoms with Gasteiger partial charge in [-0.3, -0.25) is 0 Å². The summed E-state index contributed by atoms with van der Waals surface area (Å²) in [6.07, 6.45) is 1.53. The van der Waals surface area contributed by atoms with Gasteiger partial charge in [-0.2, -0.15) is 24.4 Å². The first-order chi connectivity index (χ1) is 8.15. The fourth-order valence-corrected chi connectivity index (χ4v) is 1.50. The van der Waals surface area contributed by atoms with Crippen LogP contribution in [0.3, 0.4) is 0 Å². The van der Waals surface area contributed by atoms with Crippen LogP contribution in [-0.2, 0) is 6.54 Å². The quantitative estimate of drug-likeness (QED) is 0.808. The summed E-state index contributed by atoms with van der Waals surface area (Å²) in [5.74, 6) is -0.382. The minimum Gasteiger partial charge on any atom is -0.492 e. The van der Waals surface area contributed by atoms with E-state index in [9.17, 15) is 4.39 Å². The molecule has 0 amide bonds. The number of anilines is 1. The Morgan fingerprint density at radius 3 is 2.88 bits per heavy atom. The van der Waals surface area contributed by atoms with Gasteiger partial charge in [-0.25, -0.2) is 0 Å². The molecule has 2 N–H and O–H groups in total. The van der Waals surface area contributed by atoms with E-state index in [0.29, 0.717) is 23.6 Å². The normalized spacial score (nSPS) is 10.5. The maximum atomic E-state index is 13.2. The third kappa shape index (κ3) is 2.03. The maximum Gasteiger partial charge on any atom is 0.215 e. The lowest BCUT2D eigenvalue weighted by Crippen LogP contribution is -2.01. The number of methoxy groups -OCH3 is 1. The van der Waals surface area contributed by atoms with Crippen LogP contribution in [0.5, 0.6) is 5.75 Å². The highest BCUT2D eigenvalue weighted by atomic mass is 19.1. The zero-order chi connectivity index (χ0) is 12.4. The molecule has 2 aromatic heterocycles. The number of nitrogens with two attached hydrogens (primary N) is 1. The molecule has 0 aliphatic heterocycles. The van der Waals surface area contributed by atoms with E-state index in [1.165, 1.54) is 24.2 Å². The molecule has 0 aliphatic carbocycles. The number of nitrogen functional groups attached to an aromatic ring is 1. The van der Waals surface area contributed by atoms with Crippen LogP contribution in [0.25, 0.3) is 11.3 Å². The highest BCUT2D eigenvalue weighted by Gasteiger charge is 2.15. The highest BCUT2D eigenvalue weighted by molar-refractivity contribution is 5.72. The first-order valence-electron chi connectivity index (χ1n) is 5.06. The van der Waals surface area contributed by atoms with Crippen LogP contribution in [0.15, 0.2) is 12.3 Å². The van der Waals surface area contributed by atoms with Gasteiger partial charge in [0.25, 0.3) is 0 Å². The molecule has 0 fully saturated rings. The molecular weight excluding hydrogens is 225 g/mol. The molecule has 0 spiro atoms. The molecule has 90 valence electrons. The summed E-state index contributed by atoms with van der Waals surface area (Å²) in [5, 5.41) is 8.18. The number of aromatic nitrogens is 4. The first kappa shape index (κ1) is 11.3. The van der Waals surface area contributed by atoms with Crippen LogP contribution >= 0.6 is 0 Å². The Balaban J connectivity index is 2.57. The largest absolute Gasteiger partial charge is 0.492 e. The Labute approximate surface area is 97.2 Å². The summed E-state index contributed by atoms with van der Waals surface area (Å²) in [5.41, 5.74) is 6.52. The van der Waals surface area contributed by atoms with Crippen LogP contribution in [-0.4, -0.2) is 27.1 Å². The predicted octanol–water partition coefficient (Wildman–Crippen LogP) is 1.09. The summed E-state index contributed by atoms with van der Waals surface area (Å²) in [4.78, 5) is 4.98. The molecule has 17 heavy (non-hydrogen) atoms. The molecule has 0 aliphatic rings. The van der Waals surface area contributed by atoms with Crippen molar-refractivity contribution in [2.75, 3.05) is 12.8 Å². The van der Waals surface area contributed by atoms with Crippen LogP contribution in [0.2, 0.25) is 0 Å². The van der Waals surface area contributed by atoms with Gasteiger partial charge in [0, 0.05) is 6.07 Å². The third-order valence-electron chi connectivity index (χ3n) is 2.27. The van der Waals surface area contributed by atoms with Crippen molar-refractivity contribution in [2.45, 2.75) is 13.5 Å². The van der Waals surface area contributed by atoms with Gasteiger partial charge in [0.05, 0.1) is 25.4 Å². The average Bonchev–Trinajstić information content (AvgIpc) is 2.76. The van der Waals surface area contributed by atoms with Crippen molar-refractivity contribution in [3.8, 4) is 17.0 Å². The summed E-state index contributed by atoms with van der Waals surface area (Å²) in [6.45, 7) is 2.54. The smallest absolute Gasteiger partial charge is 0.215 e. The van der Waals surface area contributed by atoms with Crippen molar-refractivity contribution in [3.63, 3.8) is 0 Å². The van der Waals surface area contributed by atoms with Gasteiger partial charge in [0.2, 0.25) is 5.95 Å². The number of nitrogens with zero attached hydrogens (tertiary/aromatic N) is 4. The number of ether oxygens (including phenoxy) is 1. The molecule has 2 aromatic rings. The summed E-state index contributed by atoms with van der Waals surface area (Å²) in [6, 6.07) is 1.22. The van der Waals surface area contributed by atoms with Crippen molar-refractivity contribution < 1.29 is 9.13 Å². The molecule has 0 unspecified atom stereocenters. The first-order valence-corrected chi connectivity index (χ1v) is 5.06. The summed E-state index contributed by atoms with van der Waals surface area (Å²) in [7, 11) is 1.44. The third-order valence-corrected chi connectivity index (χ3v) is 2.27. The van der Waals surface area contributed by atoms with E-state index in [1.807, 2.05) is 6.92 Å². The minimum absolute atomic E-state index is 0.00597. The van der Waals surface area contributed by atoms with E-state index in [4.69, 9.17) is 10.5 Å². The predicted molar refractivity (Wildman–Crippen MR) is 59.8 cm³/mol. The fourth-order valence-electron chi connectivity index (χ4n) is 1.50. The Bertz CT molecular complexity index is 539. The SMILES string of the molecule is CCn1ncc(-c2cc(F)nc(N)c2OC)n1. The van der Waals surface area contributed by atoms with Gasteiger partial charge >= 0.3 is 0 Å². The molecule has 0 bridgehead atoms. The van der Waals surface area contributed by atoms with E-state index in [-0.39, 0.29) is 5.82 Å².